The molecule has 0 aromatic carbocycles. The second-order valence-electron chi connectivity index (χ2n) is 3.69. The van der Waals surface area contributed by atoms with Gasteiger partial charge < -0.3 is 15.2 Å². The van der Waals surface area contributed by atoms with Crippen LogP contribution in [0.5, 0.6) is 5.75 Å². The minimum absolute atomic E-state index is 0.0578. The molecule has 17 heavy (non-hydrogen) atoms. The lowest BCUT2D eigenvalue weighted by atomic mass is 10.3. The van der Waals surface area contributed by atoms with E-state index >= 15 is 0 Å². The van der Waals surface area contributed by atoms with Crippen LogP contribution in [0, 0.1) is 6.92 Å². The highest BCUT2D eigenvalue weighted by molar-refractivity contribution is 5.77. The molecular formula is C12H18N2O3. The Labute approximate surface area is 101 Å². The summed E-state index contributed by atoms with van der Waals surface area (Å²) in [4.78, 5) is 15.4. The van der Waals surface area contributed by atoms with E-state index in [9.17, 15) is 4.79 Å². The molecule has 1 heterocycles. The Morgan fingerprint density at radius 2 is 2.29 bits per heavy atom. The normalized spacial score (nSPS) is 10.1. The van der Waals surface area contributed by atoms with E-state index in [1.54, 1.807) is 12.1 Å². The van der Waals surface area contributed by atoms with Gasteiger partial charge in [0.05, 0.1) is 6.61 Å². The summed E-state index contributed by atoms with van der Waals surface area (Å²) in [6.45, 7) is 4.19. The number of carbonyl (C=O) groups excluding carboxylic acids is 1. The predicted molar refractivity (Wildman–Crippen MR) is 63.7 cm³/mol. The van der Waals surface area contributed by atoms with Crippen molar-refractivity contribution in [2.45, 2.75) is 26.9 Å². The summed E-state index contributed by atoms with van der Waals surface area (Å²) in [5.41, 5.74) is 1.25. The minimum atomic E-state index is -0.201. The molecule has 0 bridgehead atoms. The monoisotopic (exact) mass is 238 g/mol. The van der Waals surface area contributed by atoms with E-state index in [1.807, 2.05) is 13.8 Å². The molecule has 0 unspecified atom stereocenters. The van der Waals surface area contributed by atoms with Crippen LogP contribution in [0.25, 0.3) is 0 Å². The molecule has 0 aliphatic rings. The van der Waals surface area contributed by atoms with Crippen molar-refractivity contribution < 1.29 is 14.6 Å². The van der Waals surface area contributed by atoms with Crippen LogP contribution in [0.15, 0.2) is 12.1 Å². The number of pyridine rings is 1. The van der Waals surface area contributed by atoms with Crippen LogP contribution >= 0.6 is 0 Å². The zero-order valence-electron chi connectivity index (χ0n) is 10.2. The molecule has 0 saturated carbocycles. The van der Waals surface area contributed by atoms with Crippen LogP contribution in [0.2, 0.25) is 0 Å². The number of amides is 1. The zero-order valence-corrected chi connectivity index (χ0v) is 10.2. The lowest BCUT2D eigenvalue weighted by Crippen LogP contribution is -2.29. The fraction of sp³-hybridized carbons (Fsp3) is 0.500. The Morgan fingerprint density at radius 3 is 2.94 bits per heavy atom. The van der Waals surface area contributed by atoms with Crippen molar-refractivity contribution in [1.29, 1.82) is 0 Å². The maximum atomic E-state index is 11.3. The van der Waals surface area contributed by atoms with Crippen LogP contribution in [0.3, 0.4) is 0 Å². The average Bonchev–Trinajstić information content (AvgIpc) is 2.34. The number of rotatable bonds is 6. The second-order valence-corrected chi connectivity index (χ2v) is 3.69. The van der Waals surface area contributed by atoms with Crippen LogP contribution < -0.4 is 10.1 Å². The van der Waals surface area contributed by atoms with E-state index in [0.717, 1.165) is 12.1 Å². The Kier molecular flexibility index (Phi) is 5.42. The summed E-state index contributed by atoms with van der Waals surface area (Å²) in [6.07, 6.45) is 0.889. The Balaban J connectivity index is 2.54. The van der Waals surface area contributed by atoms with Gasteiger partial charge in [-0.05, 0) is 25.5 Å². The third-order valence-electron chi connectivity index (χ3n) is 2.15. The number of aliphatic hydroxyl groups is 1. The van der Waals surface area contributed by atoms with Crippen molar-refractivity contribution >= 4 is 5.91 Å². The largest absolute Gasteiger partial charge is 0.482 e. The predicted octanol–water partition coefficient (Wildman–Crippen LogP) is 0.787. The standard InChI is InChI=1S/C12H18N2O3/c1-3-6-13-12(16)8-17-11-5-4-9(2)14-10(11)7-15/h4-5,15H,3,6-8H2,1-2H3,(H,13,16). The first-order valence-corrected chi connectivity index (χ1v) is 5.64. The number of nitrogens with zero attached hydrogens (tertiary/aromatic N) is 1. The zero-order chi connectivity index (χ0) is 12.7. The lowest BCUT2D eigenvalue weighted by molar-refractivity contribution is -0.123. The van der Waals surface area contributed by atoms with E-state index in [2.05, 4.69) is 10.3 Å². The molecule has 0 atom stereocenters. The van der Waals surface area contributed by atoms with Gasteiger partial charge in [0.1, 0.15) is 11.4 Å². The number of aryl methyl sites for hydroxylation is 1. The van der Waals surface area contributed by atoms with Gasteiger partial charge in [0.25, 0.3) is 5.91 Å². The van der Waals surface area contributed by atoms with Crippen LogP contribution in [0.1, 0.15) is 24.7 Å². The first kappa shape index (κ1) is 13.4. The summed E-state index contributed by atoms with van der Waals surface area (Å²) in [7, 11) is 0. The third kappa shape index (κ3) is 4.40. The number of hydrogen-bond donors (Lipinski definition) is 2. The van der Waals surface area contributed by atoms with E-state index < -0.39 is 0 Å². The third-order valence-corrected chi connectivity index (χ3v) is 2.15. The highest BCUT2D eigenvalue weighted by atomic mass is 16.5. The molecule has 5 nitrogen and oxygen atoms in total. The van der Waals surface area contributed by atoms with E-state index in [1.165, 1.54) is 0 Å². The summed E-state index contributed by atoms with van der Waals surface area (Å²) in [6, 6.07) is 3.49. The van der Waals surface area contributed by atoms with Gasteiger partial charge >= 0.3 is 0 Å². The Morgan fingerprint density at radius 1 is 1.53 bits per heavy atom. The Bertz CT molecular complexity index is 380. The highest BCUT2D eigenvalue weighted by Crippen LogP contribution is 2.16. The lowest BCUT2D eigenvalue weighted by Gasteiger charge is -2.10. The maximum Gasteiger partial charge on any atom is 0.257 e. The van der Waals surface area contributed by atoms with Crippen molar-refractivity contribution in [3.8, 4) is 5.75 Å². The number of carbonyl (C=O) groups is 1. The summed E-state index contributed by atoms with van der Waals surface area (Å²) < 4.78 is 5.31. The van der Waals surface area contributed by atoms with Crippen LogP contribution in [-0.2, 0) is 11.4 Å². The van der Waals surface area contributed by atoms with Crippen molar-refractivity contribution in [2.75, 3.05) is 13.2 Å². The van der Waals surface area contributed by atoms with Gasteiger partial charge in [0.2, 0.25) is 0 Å². The van der Waals surface area contributed by atoms with Gasteiger partial charge in [0.15, 0.2) is 6.61 Å². The molecule has 0 aliphatic carbocycles. The van der Waals surface area contributed by atoms with Crippen molar-refractivity contribution in [3.05, 3.63) is 23.5 Å². The van der Waals surface area contributed by atoms with E-state index in [4.69, 9.17) is 9.84 Å². The molecule has 1 aromatic heterocycles. The van der Waals surface area contributed by atoms with Gasteiger partial charge in [-0.1, -0.05) is 6.92 Å². The second kappa shape index (κ2) is 6.85. The average molecular weight is 238 g/mol. The number of aromatic nitrogens is 1. The van der Waals surface area contributed by atoms with Crippen molar-refractivity contribution in [2.24, 2.45) is 0 Å². The van der Waals surface area contributed by atoms with Crippen molar-refractivity contribution in [3.63, 3.8) is 0 Å². The number of nitrogens with one attached hydrogen (secondary N) is 1. The quantitative estimate of drug-likeness (QED) is 0.768. The minimum Gasteiger partial charge on any atom is -0.482 e. The highest BCUT2D eigenvalue weighted by Gasteiger charge is 2.07. The molecule has 2 N–H and O–H groups in total. The number of aliphatic hydroxyl groups excluding tert-OH is 1. The van der Waals surface area contributed by atoms with E-state index in [-0.39, 0.29) is 19.1 Å². The van der Waals surface area contributed by atoms with Crippen LogP contribution in [-0.4, -0.2) is 29.1 Å². The fourth-order valence-corrected chi connectivity index (χ4v) is 1.30. The number of ether oxygens (including phenoxy) is 1. The first-order valence-electron chi connectivity index (χ1n) is 5.64. The molecule has 0 fully saturated rings. The first-order chi connectivity index (χ1) is 8.17. The SMILES string of the molecule is CCCNC(=O)COc1ccc(C)nc1CO. The molecule has 1 rings (SSSR count). The fourth-order valence-electron chi connectivity index (χ4n) is 1.30. The molecule has 0 radical (unpaired) electrons. The molecule has 1 aromatic rings. The van der Waals surface area contributed by atoms with Crippen LogP contribution in [0.4, 0.5) is 0 Å². The summed E-state index contributed by atoms with van der Waals surface area (Å²) >= 11 is 0. The number of hydrogen-bond acceptors (Lipinski definition) is 4. The molecule has 0 spiro atoms. The molecule has 94 valence electrons. The summed E-state index contributed by atoms with van der Waals surface area (Å²) in [5.74, 6) is 0.279. The summed E-state index contributed by atoms with van der Waals surface area (Å²) in [5, 5.41) is 11.8. The topological polar surface area (TPSA) is 71.5 Å². The van der Waals surface area contributed by atoms with Gasteiger partial charge in [-0.25, -0.2) is 0 Å². The maximum absolute atomic E-state index is 11.3. The van der Waals surface area contributed by atoms with Gasteiger partial charge in [-0.2, -0.15) is 0 Å². The van der Waals surface area contributed by atoms with Gasteiger partial charge in [-0.3, -0.25) is 9.78 Å². The molecular weight excluding hydrogens is 220 g/mol. The Hall–Kier alpha value is -1.62. The molecule has 0 saturated heterocycles. The molecule has 5 heteroatoms. The van der Waals surface area contributed by atoms with E-state index in [0.29, 0.717) is 18.0 Å². The van der Waals surface area contributed by atoms with Gasteiger partial charge in [-0.15, -0.1) is 0 Å². The molecule has 0 aliphatic heterocycles. The van der Waals surface area contributed by atoms with Gasteiger partial charge in [0, 0.05) is 12.2 Å². The van der Waals surface area contributed by atoms with Crippen molar-refractivity contribution in [1.82, 2.24) is 10.3 Å². The molecule has 1 amide bonds. The smallest absolute Gasteiger partial charge is 0.257 e.